The summed E-state index contributed by atoms with van der Waals surface area (Å²) in [5.41, 5.74) is 0.252. The van der Waals surface area contributed by atoms with Crippen LogP contribution in [0.4, 0.5) is 10.1 Å². The lowest BCUT2D eigenvalue weighted by Crippen LogP contribution is -2.42. The predicted octanol–water partition coefficient (Wildman–Crippen LogP) is 2.38. The molecule has 0 spiro atoms. The molecule has 1 aromatic carbocycles. The maximum atomic E-state index is 13.9. The second kappa shape index (κ2) is 4.69. The quantitative estimate of drug-likeness (QED) is 0.820. The molecule has 0 radical (unpaired) electrons. The first kappa shape index (κ1) is 13.0. The standard InChI is InChI=1S/C14H18FNO2/c1-10(17)11-3-4-13(12(15)9-11)16-7-5-14(2,18)6-8-16/h3-4,9,18H,5-8H2,1-2H3. The molecule has 98 valence electrons. The second-order valence-electron chi connectivity index (χ2n) is 5.21. The smallest absolute Gasteiger partial charge is 0.159 e. The van der Waals surface area contributed by atoms with Gasteiger partial charge in [-0.2, -0.15) is 0 Å². The Bertz CT molecular complexity index is 461. The Hall–Kier alpha value is -1.42. The third-order valence-electron chi connectivity index (χ3n) is 3.54. The Morgan fingerprint density at radius 1 is 1.39 bits per heavy atom. The Kier molecular flexibility index (Phi) is 3.39. The van der Waals surface area contributed by atoms with Crippen LogP contribution in [0.25, 0.3) is 0 Å². The minimum atomic E-state index is -0.647. The van der Waals surface area contributed by atoms with E-state index < -0.39 is 5.60 Å². The fraction of sp³-hybridized carbons (Fsp3) is 0.500. The Balaban J connectivity index is 2.17. The van der Waals surface area contributed by atoms with Crippen LogP contribution >= 0.6 is 0 Å². The molecule has 1 aromatic rings. The Labute approximate surface area is 106 Å². The zero-order chi connectivity index (χ0) is 13.3. The lowest BCUT2D eigenvalue weighted by molar-refractivity contribution is 0.0350. The van der Waals surface area contributed by atoms with Crippen LogP contribution in [-0.4, -0.2) is 29.6 Å². The number of nitrogens with zero attached hydrogens (tertiary/aromatic N) is 1. The number of Topliss-reactive ketones (excluding diaryl/α,β-unsaturated/α-hetero) is 1. The molecule has 18 heavy (non-hydrogen) atoms. The molecule has 2 rings (SSSR count). The predicted molar refractivity (Wildman–Crippen MR) is 68.5 cm³/mol. The van der Waals surface area contributed by atoms with Gasteiger partial charge in [-0.3, -0.25) is 4.79 Å². The average molecular weight is 251 g/mol. The molecule has 1 saturated heterocycles. The number of hydrogen-bond acceptors (Lipinski definition) is 3. The summed E-state index contributed by atoms with van der Waals surface area (Å²) in [6.07, 6.45) is 1.25. The largest absolute Gasteiger partial charge is 0.390 e. The fourth-order valence-electron chi connectivity index (χ4n) is 2.21. The van der Waals surface area contributed by atoms with Crippen molar-refractivity contribution in [2.75, 3.05) is 18.0 Å². The summed E-state index contributed by atoms with van der Waals surface area (Å²) in [6, 6.07) is 4.57. The van der Waals surface area contributed by atoms with Crippen LogP contribution in [0, 0.1) is 5.82 Å². The SMILES string of the molecule is CC(=O)c1ccc(N2CCC(C)(O)CC2)c(F)c1. The van der Waals surface area contributed by atoms with E-state index in [1.54, 1.807) is 19.1 Å². The normalized spacial score (nSPS) is 18.8. The first-order valence-electron chi connectivity index (χ1n) is 6.17. The van der Waals surface area contributed by atoms with Crippen LogP contribution < -0.4 is 4.90 Å². The number of carbonyl (C=O) groups is 1. The molecule has 0 aromatic heterocycles. The lowest BCUT2D eigenvalue weighted by atomic mass is 9.93. The highest BCUT2D eigenvalue weighted by Crippen LogP contribution is 2.28. The van der Waals surface area contributed by atoms with E-state index >= 15 is 0 Å². The van der Waals surface area contributed by atoms with Crippen molar-refractivity contribution in [2.45, 2.75) is 32.3 Å². The van der Waals surface area contributed by atoms with Crippen molar-refractivity contribution in [2.24, 2.45) is 0 Å². The zero-order valence-corrected chi connectivity index (χ0v) is 10.7. The first-order valence-corrected chi connectivity index (χ1v) is 6.17. The molecule has 0 atom stereocenters. The van der Waals surface area contributed by atoms with Crippen molar-refractivity contribution in [3.05, 3.63) is 29.6 Å². The molecular weight excluding hydrogens is 233 g/mol. The van der Waals surface area contributed by atoms with E-state index in [1.165, 1.54) is 13.0 Å². The molecular formula is C14H18FNO2. The van der Waals surface area contributed by atoms with E-state index in [1.807, 2.05) is 4.90 Å². The molecule has 1 N–H and O–H groups in total. The maximum absolute atomic E-state index is 13.9. The van der Waals surface area contributed by atoms with Gasteiger partial charge < -0.3 is 10.0 Å². The molecule has 0 amide bonds. The van der Waals surface area contributed by atoms with Crippen molar-refractivity contribution in [1.82, 2.24) is 0 Å². The third-order valence-corrected chi connectivity index (χ3v) is 3.54. The number of rotatable bonds is 2. The highest BCUT2D eigenvalue weighted by Gasteiger charge is 2.28. The van der Waals surface area contributed by atoms with Gasteiger partial charge in [0.25, 0.3) is 0 Å². The van der Waals surface area contributed by atoms with Gasteiger partial charge in [0.05, 0.1) is 11.3 Å². The summed E-state index contributed by atoms with van der Waals surface area (Å²) in [5.74, 6) is -0.508. The van der Waals surface area contributed by atoms with Gasteiger partial charge in [-0.05, 0) is 44.9 Å². The second-order valence-corrected chi connectivity index (χ2v) is 5.21. The van der Waals surface area contributed by atoms with E-state index in [-0.39, 0.29) is 11.6 Å². The van der Waals surface area contributed by atoms with Crippen molar-refractivity contribution in [1.29, 1.82) is 0 Å². The number of hydrogen-bond donors (Lipinski definition) is 1. The van der Waals surface area contributed by atoms with Gasteiger partial charge in [0.2, 0.25) is 0 Å². The summed E-state index contributed by atoms with van der Waals surface area (Å²) < 4.78 is 13.9. The number of halogens is 1. The number of benzene rings is 1. The number of piperidine rings is 1. The lowest BCUT2D eigenvalue weighted by Gasteiger charge is -2.37. The van der Waals surface area contributed by atoms with Crippen LogP contribution in [0.2, 0.25) is 0 Å². The Morgan fingerprint density at radius 3 is 2.50 bits per heavy atom. The minimum Gasteiger partial charge on any atom is -0.390 e. The highest BCUT2D eigenvalue weighted by atomic mass is 19.1. The molecule has 3 nitrogen and oxygen atoms in total. The van der Waals surface area contributed by atoms with Gasteiger partial charge in [-0.15, -0.1) is 0 Å². The minimum absolute atomic E-state index is 0.137. The van der Waals surface area contributed by atoms with Gasteiger partial charge in [-0.25, -0.2) is 4.39 Å². The van der Waals surface area contributed by atoms with Crippen molar-refractivity contribution < 1.29 is 14.3 Å². The molecule has 0 bridgehead atoms. The van der Waals surface area contributed by atoms with Crippen LogP contribution in [0.15, 0.2) is 18.2 Å². The van der Waals surface area contributed by atoms with Crippen LogP contribution in [0.1, 0.15) is 37.0 Å². The molecule has 4 heteroatoms. The van der Waals surface area contributed by atoms with Crippen LogP contribution in [0.3, 0.4) is 0 Å². The Morgan fingerprint density at radius 2 is 2.00 bits per heavy atom. The van der Waals surface area contributed by atoms with Gasteiger partial charge in [0.1, 0.15) is 5.82 Å². The number of aliphatic hydroxyl groups is 1. The van der Waals surface area contributed by atoms with E-state index in [0.29, 0.717) is 37.2 Å². The molecule has 0 unspecified atom stereocenters. The average Bonchev–Trinajstić information content (AvgIpc) is 2.29. The molecule has 1 heterocycles. The summed E-state index contributed by atoms with van der Waals surface area (Å²) >= 11 is 0. The number of carbonyl (C=O) groups excluding carboxylic acids is 1. The van der Waals surface area contributed by atoms with Crippen molar-refractivity contribution in [3.8, 4) is 0 Å². The number of anilines is 1. The van der Waals surface area contributed by atoms with E-state index in [0.717, 1.165) is 0 Å². The number of ketones is 1. The monoisotopic (exact) mass is 251 g/mol. The van der Waals surface area contributed by atoms with Gasteiger partial charge in [-0.1, -0.05) is 0 Å². The summed E-state index contributed by atoms with van der Waals surface area (Å²) in [6.45, 7) is 4.48. The van der Waals surface area contributed by atoms with E-state index in [2.05, 4.69) is 0 Å². The highest BCUT2D eigenvalue weighted by molar-refractivity contribution is 5.94. The molecule has 0 saturated carbocycles. The molecule has 1 aliphatic rings. The summed E-state index contributed by atoms with van der Waals surface area (Å²) in [5, 5.41) is 9.86. The topological polar surface area (TPSA) is 40.5 Å². The van der Waals surface area contributed by atoms with Gasteiger partial charge in [0.15, 0.2) is 5.78 Å². The maximum Gasteiger partial charge on any atom is 0.159 e. The molecule has 1 aliphatic heterocycles. The van der Waals surface area contributed by atoms with Crippen molar-refractivity contribution >= 4 is 11.5 Å². The molecule has 1 fully saturated rings. The van der Waals surface area contributed by atoms with E-state index in [9.17, 15) is 14.3 Å². The zero-order valence-electron chi connectivity index (χ0n) is 10.7. The van der Waals surface area contributed by atoms with Gasteiger partial charge >= 0.3 is 0 Å². The first-order chi connectivity index (χ1) is 8.39. The van der Waals surface area contributed by atoms with Gasteiger partial charge in [0, 0.05) is 18.7 Å². The van der Waals surface area contributed by atoms with Crippen LogP contribution in [-0.2, 0) is 0 Å². The van der Waals surface area contributed by atoms with Crippen LogP contribution in [0.5, 0.6) is 0 Å². The van der Waals surface area contributed by atoms with Crippen molar-refractivity contribution in [3.63, 3.8) is 0 Å². The van der Waals surface area contributed by atoms with E-state index in [4.69, 9.17) is 0 Å². The fourth-order valence-corrected chi connectivity index (χ4v) is 2.21. The summed E-state index contributed by atoms with van der Waals surface area (Å²) in [4.78, 5) is 13.1. The third kappa shape index (κ3) is 2.70. The summed E-state index contributed by atoms with van der Waals surface area (Å²) in [7, 11) is 0. The molecule has 0 aliphatic carbocycles.